The first kappa shape index (κ1) is 16.3. The van der Waals surface area contributed by atoms with Crippen molar-refractivity contribution in [3.05, 3.63) is 28.2 Å². The molecule has 1 aromatic carbocycles. The maximum Gasteiger partial charge on any atom is 0.405 e. The maximum atomic E-state index is 12.5. The first-order valence-corrected chi connectivity index (χ1v) is 6.44. The summed E-state index contributed by atoms with van der Waals surface area (Å²) in [4.78, 5) is 1.04. The largest absolute Gasteiger partial charge is 0.405 e. The molecule has 0 saturated carbocycles. The number of nitrogens with zero attached hydrogens (tertiary/aromatic N) is 1. The minimum Gasteiger partial charge on any atom is -0.395 e. The molecule has 0 amide bonds. The van der Waals surface area contributed by atoms with E-state index in [1.54, 1.807) is 19.1 Å². The van der Waals surface area contributed by atoms with Gasteiger partial charge >= 0.3 is 6.18 Å². The number of benzene rings is 1. The van der Waals surface area contributed by atoms with Crippen LogP contribution in [-0.4, -0.2) is 36.1 Å². The second-order valence-corrected chi connectivity index (χ2v) is 5.00. The van der Waals surface area contributed by atoms with E-state index in [1.807, 2.05) is 0 Å². The minimum absolute atomic E-state index is 0.119. The Morgan fingerprint density at radius 2 is 2.00 bits per heavy atom. The molecule has 1 aromatic rings. The highest BCUT2D eigenvalue weighted by molar-refractivity contribution is 9.10. The molecule has 0 heterocycles. The van der Waals surface area contributed by atoms with Gasteiger partial charge < -0.3 is 15.1 Å². The fourth-order valence-electron chi connectivity index (χ4n) is 1.66. The number of hydrogen-bond acceptors (Lipinski definition) is 3. The minimum atomic E-state index is -4.35. The monoisotopic (exact) mass is 341 g/mol. The summed E-state index contributed by atoms with van der Waals surface area (Å²) in [6.45, 7) is -0.0599. The summed E-state index contributed by atoms with van der Waals surface area (Å²) >= 11 is 3.19. The van der Waals surface area contributed by atoms with Crippen LogP contribution in [0.2, 0.25) is 0 Å². The summed E-state index contributed by atoms with van der Waals surface area (Å²) in [5, 5.41) is 18.3. The van der Waals surface area contributed by atoms with E-state index in [0.717, 1.165) is 4.90 Å². The van der Waals surface area contributed by atoms with Crippen LogP contribution in [0.25, 0.3) is 0 Å². The molecule has 0 aromatic heterocycles. The third-order valence-electron chi connectivity index (χ3n) is 2.53. The van der Waals surface area contributed by atoms with Gasteiger partial charge in [0, 0.05) is 11.0 Å². The van der Waals surface area contributed by atoms with Crippen LogP contribution in [0.4, 0.5) is 18.9 Å². The van der Waals surface area contributed by atoms with Gasteiger partial charge in [-0.1, -0.05) is 6.07 Å². The second kappa shape index (κ2) is 6.58. The molecular weight excluding hydrogens is 327 g/mol. The molecule has 0 unspecified atom stereocenters. The van der Waals surface area contributed by atoms with Gasteiger partial charge in [-0.25, -0.2) is 0 Å². The van der Waals surface area contributed by atoms with E-state index in [-0.39, 0.29) is 13.2 Å². The summed E-state index contributed by atoms with van der Waals surface area (Å²) in [7, 11) is 0. The topological polar surface area (TPSA) is 43.7 Å². The molecule has 1 atom stereocenters. The van der Waals surface area contributed by atoms with Crippen molar-refractivity contribution < 1.29 is 23.4 Å². The summed E-state index contributed by atoms with van der Waals surface area (Å²) in [6, 6.07) is 4.62. The first-order chi connectivity index (χ1) is 8.74. The molecule has 0 fully saturated rings. The van der Waals surface area contributed by atoms with E-state index in [2.05, 4.69) is 15.9 Å². The molecule has 0 saturated heterocycles. The van der Waals surface area contributed by atoms with Gasteiger partial charge in [0.1, 0.15) is 6.54 Å². The van der Waals surface area contributed by atoms with E-state index in [4.69, 9.17) is 5.11 Å². The Bertz CT molecular complexity index is 424. The summed E-state index contributed by atoms with van der Waals surface area (Å²) in [6.07, 6.45) is -5.04. The third kappa shape index (κ3) is 5.00. The number of aliphatic hydroxyl groups is 2. The van der Waals surface area contributed by atoms with Crippen LogP contribution in [-0.2, 0) is 0 Å². The highest BCUT2D eigenvalue weighted by Crippen LogP contribution is 2.31. The lowest BCUT2D eigenvalue weighted by Crippen LogP contribution is -2.36. The molecule has 19 heavy (non-hydrogen) atoms. The number of rotatable bonds is 5. The first-order valence-electron chi connectivity index (χ1n) is 5.64. The van der Waals surface area contributed by atoms with Crippen LogP contribution in [0, 0.1) is 0 Å². The van der Waals surface area contributed by atoms with Crippen molar-refractivity contribution in [2.45, 2.75) is 19.2 Å². The van der Waals surface area contributed by atoms with Crippen molar-refractivity contribution in [1.82, 2.24) is 0 Å². The molecule has 7 heteroatoms. The van der Waals surface area contributed by atoms with E-state index >= 15 is 0 Å². The van der Waals surface area contributed by atoms with E-state index in [1.165, 1.54) is 6.07 Å². The molecule has 0 bridgehead atoms. The highest BCUT2D eigenvalue weighted by atomic mass is 79.9. The number of halogens is 4. The molecule has 1 rings (SSSR count). The van der Waals surface area contributed by atoms with E-state index in [9.17, 15) is 18.3 Å². The Labute approximate surface area is 117 Å². The van der Waals surface area contributed by atoms with Crippen molar-refractivity contribution in [3.63, 3.8) is 0 Å². The Morgan fingerprint density at radius 3 is 2.42 bits per heavy atom. The zero-order valence-electron chi connectivity index (χ0n) is 10.3. The quantitative estimate of drug-likeness (QED) is 0.865. The molecular formula is C12H15BrF3NO2. The zero-order chi connectivity index (χ0) is 14.6. The van der Waals surface area contributed by atoms with Crippen LogP contribution in [0.1, 0.15) is 18.6 Å². The molecule has 0 aliphatic carbocycles. The van der Waals surface area contributed by atoms with Gasteiger partial charge in [-0.05, 0) is 40.5 Å². The Kier molecular flexibility index (Phi) is 5.64. The Hall–Kier alpha value is -0.790. The van der Waals surface area contributed by atoms with Crippen molar-refractivity contribution in [1.29, 1.82) is 0 Å². The van der Waals surface area contributed by atoms with Crippen LogP contribution in [0.15, 0.2) is 22.7 Å². The average molecular weight is 342 g/mol. The Morgan fingerprint density at radius 1 is 1.37 bits per heavy atom. The SMILES string of the molecule is C[C@@H](O)c1ccc(N(CCO)CC(F)(F)F)c(Br)c1. The van der Waals surface area contributed by atoms with Gasteiger partial charge in [0.2, 0.25) is 0 Å². The highest BCUT2D eigenvalue weighted by Gasteiger charge is 2.31. The Balaban J connectivity index is 3.02. The van der Waals surface area contributed by atoms with Gasteiger partial charge in [0.05, 0.1) is 18.4 Å². The smallest absolute Gasteiger partial charge is 0.395 e. The van der Waals surface area contributed by atoms with Crippen LogP contribution in [0.3, 0.4) is 0 Å². The van der Waals surface area contributed by atoms with Gasteiger partial charge in [-0.15, -0.1) is 0 Å². The fourth-order valence-corrected chi connectivity index (χ4v) is 2.31. The summed E-state index contributed by atoms with van der Waals surface area (Å²) in [5.41, 5.74) is 0.933. The molecule has 108 valence electrons. The zero-order valence-corrected chi connectivity index (χ0v) is 11.9. The molecule has 3 nitrogen and oxygen atoms in total. The number of hydrogen-bond donors (Lipinski definition) is 2. The van der Waals surface area contributed by atoms with Crippen LogP contribution < -0.4 is 4.90 Å². The molecule has 0 aliphatic rings. The summed E-state index contributed by atoms with van der Waals surface area (Å²) < 4.78 is 37.9. The number of alkyl halides is 3. The van der Waals surface area contributed by atoms with Gasteiger partial charge in [-0.3, -0.25) is 0 Å². The normalized spacial score (nSPS) is 13.4. The fraction of sp³-hybridized carbons (Fsp3) is 0.500. The molecule has 0 radical (unpaired) electrons. The second-order valence-electron chi connectivity index (χ2n) is 4.15. The standard InChI is InChI=1S/C12H15BrF3NO2/c1-8(19)9-2-3-11(10(13)6-9)17(4-5-18)7-12(14,15)16/h2-3,6,8,18-19H,4-5,7H2,1H3/t8-/m1/s1. The van der Waals surface area contributed by atoms with Crippen molar-refractivity contribution in [2.24, 2.45) is 0 Å². The van der Waals surface area contributed by atoms with Gasteiger partial charge in [0.15, 0.2) is 0 Å². The lowest BCUT2D eigenvalue weighted by molar-refractivity contribution is -0.119. The van der Waals surface area contributed by atoms with E-state index in [0.29, 0.717) is 15.7 Å². The lowest BCUT2D eigenvalue weighted by atomic mass is 10.1. The van der Waals surface area contributed by atoms with Crippen molar-refractivity contribution in [3.8, 4) is 0 Å². The lowest BCUT2D eigenvalue weighted by Gasteiger charge is -2.26. The molecule has 0 aliphatic heterocycles. The van der Waals surface area contributed by atoms with Crippen LogP contribution >= 0.6 is 15.9 Å². The predicted octanol–water partition coefficient (Wildman–Crippen LogP) is 2.86. The van der Waals surface area contributed by atoms with Crippen LogP contribution in [0.5, 0.6) is 0 Å². The van der Waals surface area contributed by atoms with Crippen molar-refractivity contribution >= 4 is 21.6 Å². The number of aliphatic hydroxyl groups excluding tert-OH is 2. The van der Waals surface area contributed by atoms with Crippen molar-refractivity contribution in [2.75, 3.05) is 24.6 Å². The van der Waals surface area contributed by atoms with Gasteiger partial charge in [-0.2, -0.15) is 13.2 Å². The summed E-state index contributed by atoms with van der Waals surface area (Å²) in [5.74, 6) is 0. The third-order valence-corrected chi connectivity index (χ3v) is 3.17. The average Bonchev–Trinajstić information content (AvgIpc) is 2.26. The predicted molar refractivity (Wildman–Crippen MR) is 70.1 cm³/mol. The molecule has 0 spiro atoms. The van der Waals surface area contributed by atoms with Gasteiger partial charge in [0.25, 0.3) is 0 Å². The van der Waals surface area contributed by atoms with E-state index < -0.39 is 18.8 Å². The number of anilines is 1. The maximum absolute atomic E-state index is 12.5. The molecule has 2 N–H and O–H groups in total.